The highest BCUT2D eigenvalue weighted by atomic mass is 35.5. The van der Waals surface area contributed by atoms with E-state index in [1.165, 1.54) is 16.7 Å². The van der Waals surface area contributed by atoms with E-state index in [1.54, 1.807) is 26.4 Å². The van der Waals surface area contributed by atoms with Crippen molar-refractivity contribution in [1.82, 2.24) is 10.2 Å². The number of hydrogen-bond donors (Lipinski definition) is 1. The summed E-state index contributed by atoms with van der Waals surface area (Å²) in [5.74, 6) is 1.65. The van der Waals surface area contributed by atoms with Crippen molar-refractivity contribution >= 4 is 32.2 Å². The third-order valence-corrected chi connectivity index (χ3v) is 9.46. The maximum absolute atomic E-state index is 13.0. The van der Waals surface area contributed by atoms with Crippen LogP contribution >= 0.6 is 11.6 Å². The van der Waals surface area contributed by atoms with Crippen molar-refractivity contribution in [1.29, 1.82) is 0 Å². The van der Waals surface area contributed by atoms with Gasteiger partial charge in [0, 0.05) is 33.9 Å². The van der Waals surface area contributed by atoms with E-state index in [1.807, 2.05) is 24.3 Å². The van der Waals surface area contributed by atoms with Crippen LogP contribution in [0.15, 0.2) is 47.4 Å². The van der Waals surface area contributed by atoms with Gasteiger partial charge in [-0.1, -0.05) is 35.9 Å². The van der Waals surface area contributed by atoms with E-state index in [4.69, 9.17) is 21.1 Å². The molecule has 0 aromatic heterocycles. The molecule has 8 heteroatoms. The summed E-state index contributed by atoms with van der Waals surface area (Å²) >= 11 is 6.26. The van der Waals surface area contributed by atoms with Gasteiger partial charge in [0.25, 0.3) is 0 Å². The minimum atomic E-state index is -3.47. The van der Waals surface area contributed by atoms with Crippen molar-refractivity contribution < 1.29 is 17.9 Å². The SMILES string of the molecule is COc1cc2c3c(c1OC)CCC3N(CCCCNCS(=O)(=O)c1ccc(Cl)c3ccccc13)CC2. The molecule has 0 radical (unpaired) electrons. The highest BCUT2D eigenvalue weighted by Gasteiger charge is 2.36. The van der Waals surface area contributed by atoms with Crippen molar-refractivity contribution in [2.24, 2.45) is 0 Å². The average molecular weight is 529 g/mol. The standard InChI is InChI=1S/C28H33ClN2O4S/c1-34-25-17-19-13-16-31(24-11-9-22(27(19)24)28(25)35-2)15-6-5-14-30-18-36(32,33)26-12-10-23(29)20-7-3-4-8-21(20)26/h3-4,7-8,10,12,17,24,30H,5-6,9,11,13-16,18H2,1-2H3. The summed E-state index contributed by atoms with van der Waals surface area (Å²) in [5.41, 5.74) is 4.14. The molecule has 3 aromatic rings. The lowest BCUT2D eigenvalue weighted by Crippen LogP contribution is -2.35. The number of sulfone groups is 1. The largest absolute Gasteiger partial charge is 0.493 e. The maximum atomic E-state index is 13.0. The Bertz CT molecular complexity index is 1380. The molecular formula is C28H33ClN2O4S. The van der Waals surface area contributed by atoms with Gasteiger partial charge in [0.1, 0.15) is 5.88 Å². The minimum Gasteiger partial charge on any atom is -0.493 e. The van der Waals surface area contributed by atoms with Gasteiger partial charge in [-0.3, -0.25) is 4.90 Å². The van der Waals surface area contributed by atoms with Crippen LogP contribution in [0.3, 0.4) is 0 Å². The summed E-state index contributed by atoms with van der Waals surface area (Å²) in [6, 6.07) is 13.2. The third kappa shape index (κ3) is 4.70. The molecule has 0 fully saturated rings. The molecule has 0 spiro atoms. The highest BCUT2D eigenvalue weighted by Crippen LogP contribution is 2.48. The van der Waals surface area contributed by atoms with Gasteiger partial charge < -0.3 is 14.8 Å². The molecule has 0 bridgehead atoms. The summed E-state index contributed by atoms with van der Waals surface area (Å²) < 4.78 is 37.3. The van der Waals surface area contributed by atoms with Crippen LogP contribution in [0.2, 0.25) is 5.02 Å². The molecule has 2 aliphatic rings. The Balaban J connectivity index is 1.15. The van der Waals surface area contributed by atoms with Gasteiger partial charge in [-0.25, -0.2) is 8.42 Å². The van der Waals surface area contributed by atoms with E-state index in [0.29, 0.717) is 27.9 Å². The molecule has 5 rings (SSSR count). The Morgan fingerprint density at radius 3 is 2.64 bits per heavy atom. The molecule has 1 aliphatic carbocycles. The number of rotatable bonds is 10. The van der Waals surface area contributed by atoms with Gasteiger partial charge in [0.05, 0.1) is 19.1 Å². The van der Waals surface area contributed by atoms with Crippen LogP contribution in [0.1, 0.15) is 42.0 Å². The van der Waals surface area contributed by atoms with Crippen LogP contribution in [0, 0.1) is 0 Å². The van der Waals surface area contributed by atoms with Gasteiger partial charge in [-0.15, -0.1) is 0 Å². The van der Waals surface area contributed by atoms with Crippen molar-refractivity contribution in [3.63, 3.8) is 0 Å². The van der Waals surface area contributed by atoms with Gasteiger partial charge in [0.2, 0.25) is 0 Å². The Morgan fingerprint density at radius 2 is 1.86 bits per heavy atom. The lowest BCUT2D eigenvalue weighted by atomic mass is 9.92. The van der Waals surface area contributed by atoms with Gasteiger partial charge in [0.15, 0.2) is 21.3 Å². The van der Waals surface area contributed by atoms with E-state index in [0.717, 1.165) is 62.1 Å². The third-order valence-electron chi connectivity index (χ3n) is 7.52. The molecule has 0 saturated heterocycles. The predicted octanol–water partition coefficient (Wildman–Crippen LogP) is 5.16. The van der Waals surface area contributed by atoms with Crippen molar-refractivity contribution in [2.75, 3.05) is 39.7 Å². The van der Waals surface area contributed by atoms with Crippen LogP contribution in [0.5, 0.6) is 11.5 Å². The van der Waals surface area contributed by atoms with Crippen LogP contribution in [-0.2, 0) is 22.7 Å². The number of halogens is 1. The molecule has 1 unspecified atom stereocenters. The summed E-state index contributed by atoms with van der Waals surface area (Å²) in [6.45, 7) is 2.71. The first kappa shape index (κ1) is 25.3. The molecule has 6 nitrogen and oxygen atoms in total. The van der Waals surface area contributed by atoms with Gasteiger partial charge in [-0.2, -0.15) is 0 Å². The predicted molar refractivity (Wildman–Crippen MR) is 144 cm³/mol. The summed E-state index contributed by atoms with van der Waals surface area (Å²) in [5, 5.41) is 5.14. The lowest BCUT2D eigenvalue weighted by Gasteiger charge is -2.35. The molecule has 1 heterocycles. The summed E-state index contributed by atoms with van der Waals surface area (Å²) in [6.07, 6.45) is 5.09. The maximum Gasteiger partial charge on any atom is 0.191 e. The molecule has 3 aromatic carbocycles. The second kappa shape index (κ2) is 10.6. The number of ether oxygens (including phenoxy) is 2. The summed E-state index contributed by atoms with van der Waals surface area (Å²) in [4.78, 5) is 2.91. The molecule has 1 N–H and O–H groups in total. The van der Waals surface area contributed by atoms with Crippen LogP contribution in [0.25, 0.3) is 10.8 Å². The zero-order valence-corrected chi connectivity index (χ0v) is 22.4. The number of methoxy groups -OCH3 is 2. The van der Waals surface area contributed by atoms with Crippen molar-refractivity contribution in [3.8, 4) is 11.5 Å². The topological polar surface area (TPSA) is 67.9 Å². The number of benzene rings is 3. The van der Waals surface area contributed by atoms with E-state index >= 15 is 0 Å². The fourth-order valence-electron chi connectivity index (χ4n) is 5.85. The quantitative estimate of drug-likeness (QED) is 0.367. The number of nitrogens with zero attached hydrogens (tertiary/aromatic N) is 1. The number of hydrogen-bond acceptors (Lipinski definition) is 6. The second-order valence-electron chi connectivity index (χ2n) is 9.56. The first-order chi connectivity index (χ1) is 17.4. The Kier molecular flexibility index (Phi) is 7.45. The fourth-order valence-corrected chi connectivity index (χ4v) is 7.43. The highest BCUT2D eigenvalue weighted by molar-refractivity contribution is 7.91. The lowest BCUT2D eigenvalue weighted by molar-refractivity contribution is 0.182. The minimum absolute atomic E-state index is 0.0800. The van der Waals surface area contributed by atoms with Crippen LogP contribution < -0.4 is 14.8 Å². The van der Waals surface area contributed by atoms with Crippen LogP contribution in [-0.4, -0.2) is 53.0 Å². The number of nitrogens with one attached hydrogen (secondary N) is 1. The zero-order valence-electron chi connectivity index (χ0n) is 20.8. The van der Waals surface area contributed by atoms with E-state index in [9.17, 15) is 8.42 Å². The monoisotopic (exact) mass is 528 g/mol. The molecule has 1 aliphatic heterocycles. The molecular weight excluding hydrogens is 496 g/mol. The van der Waals surface area contributed by atoms with Gasteiger partial charge in [-0.05, 0) is 74.5 Å². The van der Waals surface area contributed by atoms with Gasteiger partial charge >= 0.3 is 0 Å². The number of fused-ring (bicyclic) bond motifs is 1. The van der Waals surface area contributed by atoms with E-state index in [-0.39, 0.29) is 5.88 Å². The Labute approximate surface area is 218 Å². The molecule has 192 valence electrons. The van der Waals surface area contributed by atoms with Crippen molar-refractivity contribution in [2.45, 2.75) is 43.0 Å². The Morgan fingerprint density at radius 1 is 1.06 bits per heavy atom. The molecule has 0 saturated carbocycles. The second-order valence-corrected chi connectivity index (χ2v) is 11.9. The zero-order chi connectivity index (χ0) is 25.3. The normalized spacial score (nSPS) is 17.4. The Hall–Kier alpha value is -2.32. The smallest absolute Gasteiger partial charge is 0.191 e. The van der Waals surface area contributed by atoms with E-state index < -0.39 is 9.84 Å². The average Bonchev–Trinajstić information content (AvgIpc) is 3.33. The molecule has 1 atom stereocenters. The van der Waals surface area contributed by atoms with E-state index in [2.05, 4.69) is 16.3 Å². The first-order valence-corrected chi connectivity index (χ1v) is 14.6. The molecule has 36 heavy (non-hydrogen) atoms. The fraction of sp³-hybridized carbons (Fsp3) is 0.429. The van der Waals surface area contributed by atoms with Crippen LogP contribution in [0.4, 0.5) is 0 Å². The van der Waals surface area contributed by atoms with Crippen molar-refractivity contribution in [3.05, 3.63) is 64.2 Å². The summed E-state index contributed by atoms with van der Waals surface area (Å²) in [7, 11) is -0.0419. The number of unbranched alkanes of at least 4 members (excludes halogenated alkanes) is 1. The molecule has 0 amide bonds. The first-order valence-electron chi connectivity index (χ1n) is 12.6.